The van der Waals surface area contributed by atoms with Crippen molar-refractivity contribution in [1.82, 2.24) is 5.32 Å². The summed E-state index contributed by atoms with van der Waals surface area (Å²) >= 11 is 0. The van der Waals surface area contributed by atoms with E-state index in [4.69, 9.17) is 9.47 Å². The summed E-state index contributed by atoms with van der Waals surface area (Å²) in [6, 6.07) is 12.1. The van der Waals surface area contributed by atoms with Gasteiger partial charge < -0.3 is 25.2 Å². The van der Waals surface area contributed by atoms with Crippen molar-refractivity contribution >= 4 is 17.5 Å². The highest BCUT2D eigenvalue weighted by molar-refractivity contribution is 6.39. The summed E-state index contributed by atoms with van der Waals surface area (Å²) < 4.78 is 10.3. The molecule has 2 rings (SSSR count). The van der Waals surface area contributed by atoms with Gasteiger partial charge >= 0.3 is 11.8 Å². The van der Waals surface area contributed by atoms with Crippen LogP contribution in [0.2, 0.25) is 0 Å². The van der Waals surface area contributed by atoms with Crippen molar-refractivity contribution in [2.24, 2.45) is 0 Å². The quantitative estimate of drug-likeness (QED) is 0.684. The van der Waals surface area contributed by atoms with E-state index in [0.717, 1.165) is 5.56 Å². The summed E-state index contributed by atoms with van der Waals surface area (Å²) in [6.07, 6.45) is -0.995. The van der Waals surface area contributed by atoms with Gasteiger partial charge in [0.2, 0.25) is 0 Å². The second-order valence-corrected chi connectivity index (χ2v) is 5.61. The molecule has 3 N–H and O–H groups in total. The average molecular weight is 358 g/mol. The largest absolute Gasteiger partial charge is 0.493 e. The number of amides is 2. The highest BCUT2D eigenvalue weighted by Crippen LogP contribution is 2.29. The zero-order valence-electron chi connectivity index (χ0n) is 14.9. The fraction of sp³-hybridized carbons (Fsp3) is 0.263. The Kier molecular flexibility index (Phi) is 6.57. The topological polar surface area (TPSA) is 96.9 Å². The van der Waals surface area contributed by atoms with Crippen molar-refractivity contribution in [2.75, 3.05) is 26.1 Å². The zero-order chi connectivity index (χ0) is 19.1. The van der Waals surface area contributed by atoms with Gasteiger partial charge in [-0.2, -0.15) is 0 Å². The molecule has 2 aromatic rings. The third kappa shape index (κ3) is 4.73. The first kappa shape index (κ1) is 19.3. The molecule has 1 unspecified atom stereocenters. The van der Waals surface area contributed by atoms with Crippen LogP contribution in [0.5, 0.6) is 11.5 Å². The van der Waals surface area contributed by atoms with Crippen LogP contribution < -0.4 is 20.1 Å². The van der Waals surface area contributed by atoms with Gasteiger partial charge in [-0.1, -0.05) is 24.3 Å². The highest BCUT2D eigenvalue weighted by atomic mass is 16.5. The Balaban J connectivity index is 1.94. The normalized spacial score (nSPS) is 11.4. The predicted octanol–water partition coefficient (Wildman–Crippen LogP) is 1.80. The van der Waals surface area contributed by atoms with Crippen LogP contribution in [0.4, 0.5) is 5.69 Å². The number of aliphatic hydroxyl groups excluding tert-OH is 1. The van der Waals surface area contributed by atoms with E-state index in [2.05, 4.69) is 10.6 Å². The van der Waals surface area contributed by atoms with Crippen LogP contribution in [0.15, 0.2) is 42.5 Å². The number of anilines is 1. The molecule has 7 heteroatoms. The molecule has 0 aliphatic rings. The van der Waals surface area contributed by atoms with Crippen molar-refractivity contribution < 1.29 is 24.2 Å². The molecule has 0 saturated heterocycles. The molecule has 26 heavy (non-hydrogen) atoms. The van der Waals surface area contributed by atoms with E-state index >= 15 is 0 Å². The van der Waals surface area contributed by atoms with E-state index in [9.17, 15) is 14.7 Å². The summed E-state index contributed by atoms with van der Waals surface area (Å²) in [5.74, 6) is -0.621. The monoisotopic (exact) mass is 358 g/mol. The second-order valence-electron chi connectivity index (χ2n) is 5.61. The van der Waals surface area contributed by atoms with Gasteiger partial charge in [0, 0.05) is 12.2 Å². The number of aryl methyl sites for hydroxylation is 1. The lowest BCUT2D eigenvalue weighted by atomic mass is 10.1. The first-order chi connectivity index (χ1) is 12.5. The molecule has 0 aliphatic carbocycles. The minimum atomic E-state index is -0.995. The van der Waals surface area contributed by atoms with Gasteiger partial charge in [-0.05, 0) is 36.2 Å². The number of carbonyl (C=O) groups excluding carboxylic acids is 2. The molecule has 7 nitrogen and oxygen atoms in total. The number of carbonyl (C=O) groups is 2. The standard InChI is InChI=1S/C19H22N2O5/c1-12-6-4-5-7-14(12)21-19(24)18(23)20-11-15(22)13-8-9-16(25-2)17(10-13)26-3/h4-10,15,22H,11H2,1-3H3,(H,20,23)(H,21,24). The first-order valence-corrected chi connectivity index (χ1v) is 8.01. The molecule has 0 heterocycles. The van der Waals surface area contributed by atoms with E-state index < -0.39 is 17.9 Å². The molecule has 0 saturated carbocycles. The third-order valence-corrected chi connectivity index (χ3v) is 3.85. The molecule has 0 radical (unpaired) electrons. The fourth-order valence-electron chi connectivity index (χ4n) is 2.34. The lowest BCUT2D eigenvalue weighted by Gasteiger charge is -2.15. The van der Waals surface area contributed by atoms with Crippen molar-refractivity contribution in [2.45, 2.75) is 13.0 Å². The average Bonchev–Trinajstić information content (AvgIpc) is 2.66. The first-order valence-electron chi connectivity index (χ1n) is 8.01. The van der Waals surface area contributed by atoms with E-state index in [1.807, 2.05) is 19.1 Å². The number of benzene rings is 2. The molecular weight excluding hydrogens is 336 g/mol. The fourth-order valence-corrected chi connectivity index (χ4v) is 2.34. The number of ether oxygens (including phenoxy) is 2. The second kappa shape index (κ2) is 8.87. The molecule has 0 aromatic heterocycles. The van der Waals surface area contributed by atoms with Crippen LogP contribution in [0, 0.1) is 6.92 Å². The summed E-state index contributed by atoms with van der Waals surface area (Å²) in [5.41, 5.74) is 1.94. The summed E-state index contributed by atoms with van der Waals surface area (Å²) in [5, 5.41) is 15.2. The Morgan fingerprint density at radius 3 is 2.38 bits per heavy atom. The highest BCUT2D eigenvalue weighted by Gasteiger charge is 2.17. The van der Waals surface area contributed by atoms with Gasteiger partial charge in [0.05, 0.1) is 20.3 Å². The minimum absolute atomic E-state index is 0.116. The van der Waals surface area contributed by atoms with Crippen molar-refractivity contribution in [1.29, 1.82) is 0 Å². The van der Waals surface area contributed by atoms with Crippen molar-refractivity contribution in [3.05, 3.63) is 53.6 Å². The number of hydrogen-bond acceptors (Lipinski definition) is 5. The van der Waals surface area contributed by atoms with Gasteiger partial charge in [-0.15, -0.1) is 0 Å². The Hall–Kier alpha value is -3.06. The molecule has 0 aliphatic heterocycles. The van der Waals surface area contributed by atoms with Gasteiger partial charge in [0.1, 0.15) is 0 Å². The molecular formula is C19H22N2O5. The molecule has 2 aromatic carbocycles. The smallest absolute Gasteiger partial charge is 0.313 e. The molecule has 1 atom stereocenters. The maximum Gasteiger partial charge on any atom is 0.313 e. The van der Waals surface area contributed by atoms with E-state index in [-0.39, 0.29) is 6.54 Å². The Morgan fingerprint density at radius 2 is 1.73 bits per heavy atom. The molecule has 2 amide bonds. The summed E-state index contributed by atoms with van der Waals surface area (Å²) in [6.45, 7) is 1.71. The zero-order valence-corrected chi connectivity index (χ0v) is 14.9. The minimum Gasteiger partial charge on any atom is -0.493 e. The van der Waals surface area contributed by atoms with E-state index in [0.29, 0.717) is 22.7 Å². The number of rotatable bonds is 6. The molecule has 0 fully saturated rings. The molecule has 138 valence electrons. The lowest BCUT2D eigenvalue weighted by molar-refractivity contribution is -0.136. The maximum atomic E-state index is 12.0. The van der Waals surface area contributed by atoms with Gasteiger partial charge in [-0.3, -0.25) is 9.59 Å². The van der Waals surface area contributed by atoms with Crippen LogP contribution in [-0.2, 0) is 9.59 Å². The van der Waals surface area contributed by atoms with Crippen molar-refractivity contribution in [3.8, 4) is 11.5 Å². The van der Waals surface area contributed by atoms with Crippen LogP contribution in [0.1, 0.15) is 17.2 Å². The number of hydrogen-bond donors (Lipinski definition) is 3. The van der Waals surface area contributed by atoms with Crippen LogP contribution in [0.3, 0.4) is 0 Å². The van der Waals surface area contributed by atoms with Crippen LogP contribution in [-0.4, -0.2) is 37.7 Å². The maximum absolute atomic E-state index is 12.0. The number of para-hydroxylation sites is 1. The van der Waals surface area contributed by atoms with Gasteiger partial charge in [0.15, 0.2) is 11.5 Å². The van der Waals surface area contributed by atoms with Crippen LogP contribution >= 0.6 is 0 Å². The third-order valence-electron chi connectivity index (χ3n) is 3.85. The Bertz CT molecular complexity index is 791. The summed E-state index contributed by atoms with van der Waals surface area (Å²) in [4.78, 5) is 23.9. The Labute approximate surface area is 151 Å². The SMILES string of the molecule is COc1ccc(C(O)CNC(=O)C(=O)Nc2ccccc2C)cc1OC. The molecule has 0 spiro atoms. The van der Waals surface area contributed by atoms with Crippen molar-refractivity contribution in [3.63, 3.8) is 0 Å². The number of nitrogens with one attached hydrogen (secondary N) is 2. The van der Waals surface area contributed by atoms with E-state index in [1.165, 1.54) is 14.2 Å². The van der Waals surface area contributed by atoms with E-state index in [1.54, 1.807) is 30.3 Å². The molecule has 0 bridgehead atoms. The number of methoxy groups -OCH3 is 2. The van der Waals surface area contributed by atoms with Gasteiger partial charge in [-0.25, -0.2) is 0 Å². The predicted molar refractivity (Wildman–Crippen MR) is 97.3 cm³/mol. The van der Waals surface area contributed by atoms with Crippen LogP contribution in [0.25, 0.3) is 0 Å². The van der Waals surface area contributed by atoms with Gasteiger partial charge in [0.25, 0.3) is 0 Å². The summed E-state index contributed by atoms with van der Waals surface area (Å²) in [7, 11) is 3.01. The number of aliphatic hydroxyl groups is 1. The lowest BCUT2D eigenvalue weighted by Crippen LogP contribution is -2.37. The Morgan fingerprint density at radius 1 is 1.04 bits per heavy atom.